The number of hydrogen-bond donors (Lipinski definition) is 0. The summed E-state index contributed by atoms with van der Waals surface area (Å²) in [6, 6.07) is 0. The molecule has 0 spiro atoms. The average Bonchev–Trinajstić information content (AvgIpc) is 2.03. The van der Waals surface area contributed by atoms with Crippen molar-refractivity contribution in [3.8, 4) is 35.5 Å². The summed E-state index contributed by atoms with van der Waals surface area (Å²) in [5.74, 6) is 17.2. The molecule has 0 aromatic heterocycles. The molecule has 0 aliphatic carbocycles. The van der Waals surface area contributed by atoms with Crippen LogP contribution in [0.5, 0.6) is 0 Å². The van der Waals surface area contributed by atoms with Crippen molar-refractivity contribution in [2.45, 2.75) is 19.8 Å². The first-order chi connectivity index (χ1) is 5.41. The van der Waals surface area contributed by atoms with Gasteiger partial charge in [0, 0.05) is 0 Å². The summed E-state index contributed by atoms with van der Waals surface area (Å²) < 4.78 is 0. The van der Waals surface area contributed by atoms with E-state index >= 15 is 0 Å². The fraction of sp³-hybridized carbons (Fsp3) is 0.400. The number of alkyl halides is 1. The van der Waals surface area contributed by atoms with E-state index in [4.69, 9.17) is 0 Å². The molecular weight excluding hydrogens is 200 g/mol. The quantitative estimate of drug-likeness (QED) is 0.423. The molecule has 1 heteroatoms. The third-order valence-corrected chi connectivity index (χ3v) is 1.13. The highest BCUT2D eigenvalue weighted by atomic mass is 79.9. The van der Waals surface area contributed by atoms with Gasteiger partial charge >= 0.3 is 0 Å². The van der Waals surface area contributed by atoms with Crippen LogP contribution in [0.4, 0.5) is 0 Å². The first-order valence-corrected chi connectivity index (χ1v) is 4.41. The third-order valence-electron chi connectivity index (χ3n) is 0.847. The Hall–Kier alpha value is -0.840. The fourth-order valence-electron chi connectivity index (χ4n) is 0.412. The van der Waals surface area contributed by atoms with Gasteiger partial charge in [-0.15, -0.1) is 5.92 Å². The molecule has 0 bridgehead atoms. The zero-order valence-electron chi connectivity index (χ0n) is 6.50. The van der Waals surface area contributed by atoms with Gasteiger partial charge in [-0.1, -0.05) is 45.5 Å². The van der Waals surface area contributed by atoms with Gasteiger partial charge in [-0.2, -0.15) is 0 Å². The highest BCUT2D eigenvalue weighted by molar-refractivity contribution is 9.09. The Kier molecular flexibility index (Phi) is 8.46. The maximum Gasteiger partial charge on any atom is 0.0703 e. The Balaban J connectivity index is 3.45. The van der Waals surface area contributed by atoms with E-state index in [0.717, 1.165) is 5.33 Å². The van der Waals surface area contributed by atoms with Crippen LogP contribution in [0.1, 0.15) is 19.8 Å². The Morgan fingerprint density at radius 1 is 0.909 bits per heavy atom. The SMILES string of the molecule is CC#CCC#CCC#CCBr. The van der Waals surface area contributed by atoms with E-state index in [1.54, 1.807) is 0 Å². The normalized spacial score (nSPS) is 6.00. The lowest BCUT2D eigenvalue weighted by Gasteiger charge is -1.71. The molecule has 0 unspecified atom stereocenters. The lowest BCUT2D eigenvalue weighted by atomic mass is 10.3. The van der Waals surface area contributed by atoms with E-state index in [2.05, 4.69) is 51.5 Å². The van der Waals surface area contributed by atoms with Crippen LogP contribution in [-0.2, 0) is 0 Å². The monoisotopic (exact) mass is 208 g/mol. The van der Waals surface area contributed by atoms with Gasteiger partial charge in [0.15, 0.2) is 0 Å². The van der Waals surface area contributed by atoms with Crippen molar-refractivity contribution in [2.75, 3.05) is 5.33 Å². The second-order valence-corrected chi connectivity index (χ2v) is 2.18. The Labute approximate surface area is 76.9 Å². The largest absolute Gasteiger partial charge is 0.106 e. The van der Waals surface area contributed by atoms with Crippen LogP contribution in [0.25, 0.3) is 0 Å². The molecule has 0 aliphatic heterocycles. The van der Waals surface area contributed by atoms with Gasteiger partial charge in [0.25, 0.3) is 0 Å². The van der Waals surface area contributed by atoms with E-state index in [-0.39, 0.29) is 0 Å². The predicted octanol–water partition coefficient (Wildman–Crippen LogP) is 2.19. The van der Waals surface area contributed by atoms with Crippen molar-refractivity contribution in [3.05, 3.63) is 0 Å². The maximum absolute atomic E-state index is 3.20. The summed E-state index contributed by atoms with van der Waals surface area (Å²) in [6.45, 7) is 1.81. The fourth-order valence-corrected chi connectivity index (χ4v) is 0.610. The summed E-state index contributed by atoms with van der Waals surface area (Å²) in [4.78, 5) is 0. The summed E-state index contributed by atoms with van der Waals surface area (Å²) >= 11 is 3.20. The van der Waals surface area contributed by atoms with Gasteiger partial charge in [0.2, 0.25) is 0 Å². The third kappa shape index (κ3) is 9.16. The van der Waals surface area contributed by atoms with Crippen LogP contribution >= 0.6 is 15.9 Å². The first-order valence-electron chi connectivity index (χ1n) is 3.29. The molecule has 0 aromatic rings. The smallest absolute Gasteiger partial charge is 0.0703 e. The lowest BCUT2D eigenvalue weighted by molar-refractivity contribution is 1.49. The molecule has 0 aliphatic rings. The molecule has 0 saturated heterocycles. The van der Waals surface area contributed by atoms with E-state index in [0.29, 0.717) is 12.8 Å². The van der Waals surface area contributed by atoms with Crippen molar-refractivity contribution < 1.29 is 0 Å². The van der Waals surface area contributed by atoms with Gasteiger partial charge in [0.1, 0.15) is 0 Å². The van der Waals surface area contributed by atoms with Crippen molar-refractivity contribution in [2.24, 2.45) is 0 Å². The van der Waals surface area contributed by atoms with Crippen molar-refractivity contribution in [1.82, 2.24) is 0 Å². The highest BCUT2D eigenvalue weighted by Gasteiger charge is 1.66. The van der Waals surface area contributed by atoms with E-state index in [9.17, 15) is 0 Å². The van der Waals surface area contributed by atoms with Gasteiger partial charge < -0.3 is 0 Å². The number of rotatable bonds is 0. The molecule has 11 heavy (non-hydrogen) atoms. The molecule has 0 atom stereocenters. The van der Waals surface area contributed by atoms with E-state index in [1.807, 2.05) is 6.92 Å². The molecular formula is C10H9Br. The Morgan fingerprint density at radius 3 is 2.00 bits per heavy atom. The van der Waals surface area contributed by atoms with Gasteiger partial charge in [0.05, 0.1) is 18.2 Å². The van der Waals surface area contributed by atoms with Crippen LogP contribution in [-0.4, -0.2) is 5.33 Å². The van der Waals surface area contributed by atoms with Crippen LogP contribution in [0.15, 0.2) is 0 Å². The average molecular weight is 209 g/mol. The minimum atomic E-state index is 0.650. The van der Waals surface area contributed by atoms with E-state index < -0.39 is 0 Å². The standard InChI is InChI=1S/C10H9Br/c1-2-3-4-5-6-7-8-9-10-11/h4,7,10H2,1H3. The molecule has 0 fully saturated rings. The summed E-state index contributed by atoms with van der Waals surface area (Å²) in [5.41, 5.74) is 0. The molecule has 0 aromatic carbocycles. The molecule has 56 valence electrons. The highest BCUT2D eigenvalue weighted by Crippen LogP contribution is 1.77. The zero-order chi connectivity index (χ0) is 8.36. The van der Waals surface area contributed by atoms with Gasteiger partial charge in [-0.3, -0.25) is 0 Å². The van der Waals surface area contributed by atoms with Crippen LogP contribution < -0.4 is 0 Å². The van der Waals surface area contributed by atoms with Crippen LogP contribution in [0.3, 0.4) is 0 Å². The number of hydrogen-bond acceptors (Lipinski definition) is 0. The van der Waals surface area contributed by atoms with Crippen LogP contribution in [0.2, 0.25) is 0 Å². The topological polar surface area (TPSA) is 0 Å². The summed E-state index contributed by atoms with van der Waals surface area (Å²) in [5, 5.41) is 0.726. The molecule has 0 amide bonds. The predicted molar refractivity (Wildman–Crippen MR) is 52.0 cm³/mol. The van der Waals surface area contributed by atoms with Crippen molar-refractivity contribution in [1.29, 1.82) is 0 Å². The van der Waals surface area contributed by atoms with E-state index in [1.165, 1.54) is 0 Å². The Morgan fingerprint density at radius 2 is 1.45 bits per heavy atom. The Bertz CT molecular complexity index is 256. The van der Waals surface area contributed by atoms with Crippen molar-refractivity contribution in [3.63, 3.8) is 0 Å². The molecule has 0 nitrogen and oxygen atoms in total. The zero-order valence-corrected chi connectivity index (χ0v) is 8.09. The lowest BCUT2D eigenvalue weighted by Crippen LogP contribution is -1.63. The first kappa shape index (κ1) is 10.2. The molecule has 0 radical (unpaired) electrons. The second-order valence-electron chi connectivity index (χ2n) is 1.62. The number of halogens is 1. The van der Waals surface area contributed by atoms with Gasteiger partial charge in [-0.25, -0.2) is 0 Å². The second kappa shape index (κ2) is 9.16. The molecule has 0 heterocycles. The summed E-state index contributed by atoms with van der Waals surface area (Å²) in [6.07, 6.45) is 1.31. The van der Waals surface area contributed by atoms with Gasteiger partial charge in [-0.05, 0) is 6.92 Å². The van der Waals surface area contributed by atoms with Crippen molar-refractivity contribution >= 4 is 15.9 Å². The molecule has 0 saturated carbocycles. The summed E-state index contributed by atoms with van der Waals surface area (Å²) in [7, 11) is 0. The minimum Gasteiger partial charge on any atom is -0.106 e. The molecule has 0 rings (SSSR count). The minimum absolute atomic E-state index is 0.650. The van der Waals surface area contributed by atoms with Crippen LogP contribution in [0, 0.1) is 35.5 Å². The maximum atomic E-state index is 3.20. The molecule has 0 N–H and O–H groups in total.